The molecule has 0 aromatic heterocycles. The van der Waals surface area contributed by atoms with Gasteiger partial charge in [-0.1, -0.05) is 38.1 Å². The zero-order valence-corrected chi connectivity index (χ0v) is 22.3. The quantitative estimate of drug-likeness (QED) is 0.440. The number of nitrogens with two attached hydrogens (primary N) is 1. The number of benzene rings is 2. The second kappa shape index (κ2) is 10.6. The van der Waals surface area contributed by atoms with Crippen LogP contribution in [-0.4, -0.2) is 65.2 Å². The predicted octanol–water partition coefficient (Wildman–Crippen LogP) is 2.67. The van der Waals surface area contributed by atoms with Crippen molar-refractivity contribution in [2.24, 2.45) is 16.6 Å². The van der Waals surface area contributed by atoms with E-state index in [1.54, 1.807) is 30.2 Å². The Labute approximate surface area is 223 Å². The van der Waals surface area contributed by atoms with Gasteiger partial charge >= 0.3 is 0 Å². The largest absolute Gasteiger partial charge is 0.493 e. The van der Waals surface area contributed by atoms with Crippen LogP contribution in [0, 0.1) is 5.92 Å². The van der Waals surface area contributed by atoms with E-state index in [9.17, 15) is 15.0 Å². The van der Waals surface area contributed by atoms with Crippen LogP contribution in [-0.2, 0) is 11.2 Å². The van der Waals surface area contributed by atoms with Gasteiger partial charge in [0.25, 0.3) is 5.91 Å². The molecule has 9 heteroatoms. The maximum Gasteiger partial charge on any atom is 0.251 e. The number of carbonyl (C=O) groups excluding carboxylic acids is 1. The molecule has 5 atom stereocenters. The van der Waals surface area contributed by atoms with E-state index in [4.69, 9.17) is 20.2 Å². The average Bonchev–Trinajstić information content (AvgIpc) is 3.23. The number of aliphatic hydroxyl groups is 2. The van der Waals surface area contributed by atoms with Gasteiger partial charge in [0.1, 0.15) is 12.0 Å². The van der Waals surface area contributed by atoms with Crippen molar-refractivity contribution in [1.29, 1.82) is 0 Å². The Morgan fingerprint density at radius 3 is 2.68 bits per heavy atom. The standard InChI is InChI=1S/C29H38N4O5/c1-4-29(5-2)14-24(35)33(28(30)32-29)26-19(15-37-3)16-38-23-11-10-18(12-21(23)26)27(36)31-25-20-9-7-6-8-17(20)13-22(25)34/h6-12,19,22,24-26,34-35H,4-5,13-16H2,1-3H3,(H2,30,32)(H,31,36)/t19-,22+,24?,25+,26+/m0/s1. The van der Waals surface area contributed by atoms with Crippen molar-refractivity contribution in [1.82, 2.24) is 10.2 Å². The lowest BCUT2D eigenvalue weighted by Gasteiger charge is -2.48. The van der Waals surface area contributed by atoms with Crippen LogP contribution < -0.4 is 15.8 Å². The zero-order chi connectivity index (χ0) is 27.0. The number of aliphatic imine (C=N–C) groups is 1. The Morgan fingerprint density at radius 1 is 1.21 bits per heavy atom. The van der Waals surface area contributed by atoms with Gasteiger partial charge in [0.05, 0.1) is 36.9 Å². The molecule has 0 saturated heterocycles. The summed E-state index contributed by atoms with van der Waals surface area (Å²) in [5.41, 5.74) is 9.29. The summed E-state index contributed by atoms with van der Waals surface area (Å²) in [4.78, 5) is 20.0. The monoisotopic (exact) mass is 522 g/mol. The first-order valence-corrected chi connectivity index (χ1v) is 13.4. The number of fused-ring (bicyclic) bond motifs is 2. The zero-order valence-electron chi connectivity index (χ0n) is 22.3. The minimum absolute atomic E-state index is 0.145. The number of amides is 1. The third-order valence-electron chi connectivity index (χ3n) is 8.48. The van der Waals surface area contributed by atoms with E-state index in [1.807, 2.05) is 24.3 Å². The van der Waals surface area contributed by atoms with Crippen LogP contribution >= 0.6 is 0 Å². The van der Waals surface area contributed by atoms with Crippen molar-refractivity contribution in [3.63, 3.8) is 0 Å². The number of ether oxygens (including phenoxy) is 2. The van der Waals surface area contributed by atoms with E-state index in [0.29, 0.717) is 37.4 Å². The van der Waals surface area contributed by atoms with Gasteiger partial charge < -0.3 is 35.6 Å². The van der Waals surface area contributed by atoms with Crippen molar-refractivity contribution in [2.45, 2.75) is 69.5 Å². The molecule has 1 aliphatic carbocycles. The highest BCUT2D eigenvalue weighted by Gasteiger charge is 2.45. The topological polar surface area (TPSA) is 130 Å². The lowest BCUT2D eigenvalue weighted by atomic mass is 9.84. The van der Waals surface area contributed by atoms with Crippen LogP contribution in [0.2, 0.25) is 0 Å². The normalized spacial score (nSPS) is 27.7. The molecule has 38 heavy (non-hydrogen) atoms. The van der Waals surface area contributed by atoms with Crippen LogP contribution in [0.25, 0.3) is 0 Å². The van der Waals surface area contributed by atoms with Crippen LogP contribution in [0.15, 0.2) is 47.5 Å². The van der Waals surface area contributed by atoms with Crippen LogP contribution in [0.1, 0.15) is 72.2 Å². The van der Waals surface area contributed by atoms with Crippen molar-refractivity contribution < 1.29 is 24.5 Å². The fourth-order valence-electron chi connectivity index (χ4n) is 6.26. The Kier molecular flexibility index (Phi) is 7.35. The van der Waals surface area contributed by atoms with Gasteiger partial charge in [0.2, 0.25) is 0 Å². The minimum Gasteiger partial charge on any atom is -0.493 e. The maximum atomic E-state index is 13.4. The van der Waals surface area contributed by atoms with E-state index in [2.05, 4.69) is 19.2 Å². The van der Waals surface area contributed by atoms with Gasteiger partial charge in [-0.2, -0.15) is 0 Å². The molecule has 0 bridgehead atoms. The van der Waals surface area contributed by atoms with E-state index in [1.165, 1.54) is 0 Å². The lowest BCUT2D eigenvalue weighted by Crippen LogP contribution is -2.57. The highest BCUT2D eigenvalue weighted by atomic mass is 16.5. The molecular weight excluding hydrogens is 484 g/mol. The van der Waals surface area contributed by atoms with Crippen LogP contribution in [0.5, 0.6) is 5.75 Å². The molecule has 0 saturated carbocycles. The third kappa shape index (κ3) is 4.63. The van der Waals surface area contributed by atoms with Crippen LogP contribution in [0.3, 0.4) is 0 Å². The number of aliphatic hydroxyl groups excluding tert-OH is 2. The first-order valence-electron chi connectivity index (χ1n) is 13.4. The second-order valence-electron chi connectivity index (χ2n) is 10.6. The van der Waals surface area contributed by atoms with E-state index in [-0.39, 0.29) is 17.8 Å². The van der Waals surface area contributed by atoms with Gasteiger partial charge in [-0.05, 0) is 42.2 Å². The molecule has 0 radical (unpaired) electrons. The second-order valence-corrected chi connectivity index (χ2v) is 10.6. The molecule has 2 heterocycles. The van der Waals surface area contributed by atoms with E-state index < -0.39 is 30.0 Å². The van der Waals surface area contributed by atoms with E-state index >= 15 is 0 Å². The van der Waals surface area contributed by atoms with Crippen molar-refractivity contribution >= 4 is 11.9 Å². The first-order chi connectivity index (χ1) is 18.3. The van der Waals surface area contributed by atoms with Crippen molar-refractivity contribution in [3.05, 3.63) is 64.7 Å². The fourth-order valence-corrected chi connectivity index (χ4v) is 6.26. The Hall–Kier alpha value is -3.14. The summed E-state index contributed by atoms with van der Waals surface area (Å²) < 4.78 is 11.6. The molecular formula is C29H38N4O5. The summed E-state index contributed by atoms with van der Waals surface area (Å²) in [5.74, 6) is 0.478. The highest BCUT2D eigenvalue weighted by molar-refractivity contribution is 5.95. The molecule has 1 amide bonds. The number of methoxy groups -OCH3 is 1. The number of hydrogen-bond acceptors (Lipinski definition) is 8. The molecule has 204 valence electrons. The summed E-state index contributed by atoms with van der Waals surface area (Å²) in [5, 5.41) is 25.0. The maximum absolute atomic E-state index is 13.4. The van der Waals surface area contributed by atoms with E-state index in [0.717, 1.165) is 29.5 Å². The molecule has 5 N–H and O–H groups in total. The summed E-state index contributed by atoms with van der Waals surface area (Å²) >= 11 is 0. The number of nitrogens with zero attached hydrogens (tertiary/aromatic N) is 2. The highest BCUT2D eigenvalue weighted by Crippen LogP contribution is 2.44. The smallest absolute Gasteiger partial charge is 0.251 e. The van der Waals surface area contributed by atoms with Gasteiger partial charge in [-0.25, -0.2) is 4.99 Å². The molecule has 3 aliphatic rings. The number of guanidine groups is 1. The molecule has 2 aromatic carbocycles. The molecule has 2 aromatic rings. The SMILES string of the molecule is CCC1(CC)CC(O)N([C@H]2c3cc(C(=O)N[C@@H]4c5ccccc5C[C@H]4O)ccc3OC[C@@H]2COC)C(N)=N1. The van der Waals surface area contributed by atoms with Gasteiger partial charge in [-0.3, -0.25) is 4.79 Å². The summed E-state index contributed by atoms with van der Waals surface area (Å²) in [7, 11) is 1.63. The number of rotatable bonds is 7. The van der Waals surface area contributed by atoms with Gasteiger partial charge in [-0.15, -0.1) is 0 Å². The summed E-state index contributed by atoms with van der Waals surface area (Å²) in [6.07, 6.45) is 0.996. The molecule has 0 spiro atoms. The van der Waals surface area contributed by atoms with Crippen molar-refractivity contribution in [2.75, 3.05) is 20.3 Å². The Balaban J connectivity index is 1.48. The molecule has 2 aliphatic heterocycles. The average molecular weight is 523 g/mol. The number of hydrogen-bond donors (Lipinski definition) is 4. The summed E-state index contributed by atoms with van der Waals surface area (Å²) in [6, 6.07) is 12.2. The number of nitrogens with one attached hydrogen (secondary N) is 1. The third-order valence-corrected chi connectivity index (χ3v) is 8.48. The summed E-state index contributed by atoms with van der Waals surface area (Å²) in [6.45, 7) is 4.88. The number of carbonyl (C=O) groups is 1. The first kappa shape index (κ1) is 26.5. The molecule has 0 fully saturated rings. The molecule has 5 rings (SSSR count). The Bertz CT molecular complexity index is 1210. The lowest BCUT2D eigenvalue weighted by molar-refractivity contribution is -0.0469. The predicted molar refractivity (Wildman–Crippen MR) is 144 cm³/mol. The molecule has 1 unspecified atom stereocenters. The van der Waals surface area contributed by atoms with Gasteiger partial charge in [0.15, 0.2) is 5.96 Å². The minimum atomic E-state index is -0.842. The molecule has 9 nitrogen and oxygen atoms in total. The Morgan fingerprint density at radius 2 is 1.97 bits per heavy atom. The fraction of sp³-hybridized carbons (Fsp3) is 0.517. The van der Waals surface area contributed by atoms with Crippen LogP contribution in [0.4, 0.5) is 0 Å². The van der Waals surface area contributed by atoms with Gasteiger partial charge in [0, 0.05) is 37.0 Å². The van der Waals surface area contributed by atoms with Crippen molar-refractivity contribution in [3.8, 4) is 5.75 Å².